The van der Waals surface area contributed by atoms with Gasteiger partial charge in [0.05, 0.1) is 19.1 Å². The smallest absolute Gasteiger partial charge is 0.384 e. The largest absolute Gasteiger partial charge is 0.481 e. The van der Waals surface area contributed by atoms with E-state index in [-0.39, 0.29) is 47.5 Å². The predicted octanol–water partition coefficient (Wildman–Crippen LogP) is 1.09. The minimum absolute atomic E-state index is 0.0126. The molecule has 0 radical (unpaired) electrons. The summed E-state index contributed by atoms with van der Waals surface area (Å²) in [5, 5.41) is 26.5. The molecule has 62 heavy (non-hydrogen) atoms. The van der Waals surface area contributed by atoms with E-state index < -0.39 is 84.6 Å². The van der Waals surface area contributed by atoms with Crippen LogP contribution in [0.4, 0.5) is 5.82 Å². The Hall–Kier alpha value is -3.22. The summed E-state index contributed by atoms with van der Waals surface area (Å²) in [6.45, 7) is 6.58. The summed E-state index contributed by atoms with van der Waals surface area (Å²) in [4.78, 5) is 87.6. The lowest BCUT2D eigenvalue weighted by Gasteiger charge is -2.30. The van der Waals surface area contributed by atoms with Crippen LogP contribution >= 0.6 is 35.2 Å². The fourth-order valence-electron chi connectivity index (χ4n) is 6.01. The number of aliphatic hydroxyl groups excluding tert-OH is 2. The Balaban J connectivity index is 1.19. The van der Waals surface area contributed by atoms with Crippen molar-refractivity contribution in [2.75, 3.05) is 37.8 Å². The number of carbonyl (C=O) groups excluding carboxylic acids is 3. The second-order valence-electron chi connectivity index (χ2n) is 15.4. The molecule has 2 aromatic heterocycles. The summed E-state index contributed by atoms with van der Waals surface area (Å²) >= 11 is 1.09. The van der Waals surface area contributed by atoms with Gasteiger partial charge in [0.1, 0.15) is 24.4 Å². The number of benzene rings is 1. The standard InChI is InChI=1S/C34H52N7O17P3S/c1-19(2)14-21-6-8-22(9-7-21)20(3)33(46)62-13-12-36-24(42)10-11-37-31(45)28(44)34(4,5)16-55-61(52,53)58-60(50,51)54-15-23-27(57-59(47,48)49)26(43)32(56-23)41-18-40-25-29(35)38-17-39-30(25)41/h6-9,17-20,23,26-28,32,43-44H,10-16H2,1-5H3,(H8,35,36,37,38,39,42,45,47,48,49,50,51,52,53)/p+1/t20-,23-,26-,27-,28+,32-/m1/s1. The molecule has 0 saturated carbocycles. The molecule has 346 valence electrons. The average molecular weight is 957 g/mol. The second-order valence-corrected chi connectivity index (χ2v) is 20.7. The molecule has 3 aromatic rings. The van der Waals surface area contributed by atoms with E-state index in [9.17, 15) is 57.9 Å². The summed E-state index contributed by atoms with van der Waals surface area (Å²) in [6.07, 6.45) is -5.77. The number of nitrogens with zero attached hydrogens (tertiary/aromatic N) is 3. The van der Waals surface area contributed by atoms with E-state index >= 15 is 0 Å². The van der Waals surface area contributed by atoms with Crippen molar-refractivity contribution in [1.82, 2.24) is 25.6 Å². The molecule has 0 spiro atoms. The molecule has 11 N–H and O–H groups in total. The van der Waals surface area contributed by atoms with Crippen LogP contribution in [0.1, 0.15) is 64.3 Å². The van der Waals surface area contributed by atoms with Crippen LogP contribution in [-0.2, 0) is 57.1 Å². The molecular formula is C34H53N7O17P3S+. The van der Waals surface area contributed by atoms with Crippen LogP contribution < -0.4 is 20.9 Å². The van der Waals surface area contributed by atoms with E-state index in [1.165, 1.54) is 30.3 Å². The Bertz CT molecular complexity index is 2180. The number of hydrogen-bond acceptors (Lipinski definition) is 17. The Kier molecular flexibility index (Phi) is 17.9. The molecule has 1 saturated heterocycles. The number of aromatic amines is 1. The summed E-state index contributed by atoms with van der Waals surface area (Å²) in [5.41, 5.74) is 6.57. The van der Waals surface area contributed by atoms with Crippen molar-refractivity contribution < 1.29 is 85.1 Å². The van der Waals surface area contributed by atoms with E-state index in [0.717, 1.165) is 30.1 Å². The van der Waals surface area contributed by atoms with Crippen LogP contribution in [0.3, 0.4) is 0 Å². The number of fused-ring (bicyclic) bond motifs is 1. The maximum Gasteiger partial charge on any atom is 0.481 e. The third-order valence-electron chi connectivity index (χ3n) is 9.29. The minimum Gasteiger partial charge on any atom is -0.384 e. The van der Waals surface area contributed by atoms with Crippen molar-refractivity contribution in [2.45, 2.75) is 84.0 Å². The maximum atomic E-state index is 12.7. The first-order valence-corrected chi connectivity index (χ1v) is 24.5. The number of aromatic nitrogens is 4. The van der Waals surface area contributed by atoms with Gasteiger partial charge in [0.2, 0.25) is 23.6 Å². The van der Waals surface area contributed by atoms with E-state index in [4.69, 9.17) is 19.5 Å². The summed E-state index contributed by atoms with van der Waals surface area (Å²) in [7, 11) is -16.4. The van der Waals surface area contributed by atoms with Crippen LogP contribution in [-0.4, -0.2) is 118 Å². The first-order valence-electron chi connectivity index (χ1n) is 19.0. The van der Waals surface area contributed by atoms with Crippen molar-refractivity contribution in [3.8, 4) is 0 Å². The second kappa shape index (κ2) is 21.6. The number of H-pyrrole nitrogens is 1. The number of hydrogen-bond donors (Lipinski definition) is 10. The average Bonchev–Trinajstić information content (AvgIpc) is 3.74. The topological polar surface area (TPSA) is 365 Å². The van der Waals surface area contributed by atoms with Crippen LogP contribution in [0.25, 0.3) is 11.2 Å². The van der Waals surface area contributed by atoms with Crippen LogP contribution in [0.2, 0.25) is 0 Å². The monoisotopic (exact) mass is 956 g/mol. The van der Waals surface area contributed by atoms with Gasteiger partial charge in [0, 0.05) is 30.7 Å². The third kappa shape index (κ3) is 14.9. The number of rotatable bonds is 23. The van der Waals surface area contributed by atoms with E-state index in [0.29, 0.717) is 11.7 Å². The van der Waals surface area contributed by atoms with Crippen LogP contribution in [0.5, 0.6) is 0 Å². The van der Waals surface area contributed by atoms with Gasteiger partial charge in [-0.3, -0.25) is 32.9 Å². The maximum absolute atomic E-state index is 12.7. The highest BCUT2D eigenvalue weighted by Crippen LogP contribution is 2.61. The molecule has 4 rings (SSSR count). The van der Waals surface area contributed by atoms with Crippen molar-refractivity contribution in [3.63, 3.8) is 0 Å². The zero-order valence-electron chi connectivity index (χ0n) is 34.3. The van der Waals surface area contributed by atoms with E-state index in [1.807, 2.05) is 31.2 Å². The molecule has 1 aromatic carbocycles. The zero-order valence-corrected chi connectivity index (χ0v) is 37.8. The molecule has 1 aliphatic heterocycles. The van der Waals surface area contributed by atoms with Crippen molar-refractivity contribution in [1.29, 1.82) is 0 Å². The normalized spacial score (nSPS) is 21.3. The van der Waals surface area contributed by atoms with Gasteiger partial charge < -0.3 is 50.9 Å². The number of nitrogens with one attached hydrogen (secondary N) is 3. The molecule has 24 nitrogen and oxygen atoms in total. The molecule has 0 aliphatic carbocycles. The van der Waals surface area contributed by atoms with Gasteiger partial charge in [-0.05, 0) is 23.5 Å². The lowest BCUT2D eigenvalue weighted by molar-refractivity contribution is -0.745. The lowest BCUT2D eigenvalue weighted by atomic mass is 9.87. The molecule has 1 fully saturated rings. The third-order valence-corrected chi connectivity index (χ3v) is 13.4. The molecule has 1 aliphatic rings. The number of anilines is 1. The Morgan fingerprint density at radius 1 is 1.02 bits per heavy atom. The zero-order chi connectivity index (χ0) is 46.2. The fourth-order valence-corrected chi connectivity index (χ4v) is 9.63. The van der Waals surface area contributed by atoms with Gasteiger partial charge in [-0.25, -0.2) is 18.3 Å². The van der Waals surface area contributed by atoms with Gasteiger partial charge in [-0.1, -0.05) is 75.6 Å². The quantitative estimate of drug-likeness (QED) is 0.0361. The number of phosphoric acid groups is 3. The Labute approximate surface area is 360 Å². The van der Waals surface area contributed by atoms with E-state index in [1.54, 1.807) is 0 Å². The molecule has 3 heterocycles. The first-order chi connectivity index (χ1) is 28.8. The minimum atomic E-state index is -5.57. The number of amides is 2. The molecule has 8 atom stereocenters. The number of phosphoric ester groups is 3. The van der Waals surface area contributed by atoms with Gasteiger partial charge in [0.15, 0.2) is 23.6 Å². The van der Waals surface area contributed by atoms with Gasteiger partial charge in [-0.2, -0.15) is 9.29 Å². The summed E-state index contributed by atoms with van der Waals surface area (Å²) in [5.74, 6) is -0.893. The molecule has 2 amide bonds. The number of nitrogen functional groups attached to an aromatic ring is 1. The van der Waals surface area contributed by atoms with Crippen molar-refractivity contribution in [3.05, 3.63) is 48.0 Å². The number of nitrogens with two attached hydrogens (primary N) is 1. The highest BCUT2D eigenvalue weighted by Gasteiger charge is 2.52. The Morgan fingerprint density at radius 3 is 2.32 bits per heavy atom. The number of carbonyl (C=O) groups is 3. The summed E-state index contributed by atoms with van der Waals surface area (Å²) in [6, 6.07) is 7.93. The van der Waals surface area contributed by atoms with Gasteiger partial charge in [-0.15, -0.1) is 0 Å². The van der Waals surface area contributed by atoms with Crippen LogP contribution in [0.15, 0.2) is 36.9 Å². The predicted molar refractivity (Wildman–Crippen MR) is 219 cm³/mol. The van der Waals surface area contributed by atoms with E-state index in [2.05, 4.69) is 48.3 Å². The van der Waals surface area contributed by atoms with Gasteiger partial charge in [0.25, 0.3) is 0 Å². The number of aliphatic hydroxyl groups is 2. The van der Waals surface area contributed by atoms with Crippen molar-refractivity contribution in [2.24, 2.45) is 11.3 Å². The summed E-state index contributed by atoms with van der Waals surface area (Å²) < 4.78 is 62.5. The lowest BCUT2D eigenvalue weighted by Crippen LogP contribution is -2.46. The molecule has 0 bridgehead atoms. The molecular weight excluding hydrogens is 903 g/mol. The Morgan fingerprint density at radius 2 is 1.68 bits per heavy atom. The SMILES string of the molecule is CC(C)Cc1ccc([C@@H](C)C(=O)SCCNC(=O)CCNC(=O)[C@H](O)C(C)(C)COP(=O)(O)OP(=O)(O)OC[C@H]2O[C@@H]([n+]3c[nH]c4c(N)ncnc43)[C@H](O)[C@@H]2OP(=O)(O)O)cc1. The van der Waals surface area contributed by atoms with Crippen molar-refractivity contribution >= 4 is 69.1 Å². The number of ether oxygens (including phenoxy) is 1. The number of thioether (sulfide) groups is 1. The van der Waals surface area contributed by atoms with Crippen LogP contribution in [0, 0.1) is 11.3 Å². The fraction of sp³-hybridized carbons (Fsp3) is 0.588. The molecule has 28 heteroatoms. The highest BCUT2D eigenvalue weighted by molar-refractivity contribution is 8.13. The highest BCUT2D eigenvalue weighted by atomic mass is 32.2. The molecule has 2 unspecified atom stereocenters. The number of imidazole rings is 1. The first kappa shape index (κ1) is 51.4. The van der Waals surface area contributed by atoms with Gasteiger partial charge >= 0.3 is 29.1 Å².